The Kier molecular flexibility index (Phi) is 3.41. The number of pyridine rings is 2. The molecule has 0 spiro atoms. The predicted molar refractivity (Wildman–Crippen MR) is 79.9 cm³/mol. The Labute approximate surface area is 117 Å². The van der Waals surface area contributed by atoms with E-state index in [0.717, 1.165) is 27.6 Å². The SMILES string of the molecule is Cc1ccc(C(NN)c2cccc3ccncc23)cn1. The number of nitrogens with two attached hydrogens (primary N) is 1. The highest BCUT2D eigenvalue weighted by atomic mass is 15.2. The van der Waals surface area contributed by atoms with Crippen molar-refractivity contribution in [2.24, 2.45) is 5.84 Å². The van der Waals surface area contributed by atoms with Crippen molar-refractivity contribution in [3.63, 3.8) is 0 Å². The molecule has 3 N–H and O–H groups in total. The van der Waals surface area contributed by atoms with Gasteiger partial charge in [0.15, 0.2) is 0 Å². The second kappa shape index (κ2) is 5.36. The first-order chi connectivity index (χ1) is 9.79. The number of aryl methyl sites for hydroxylation is 1. The molecule has 3 rings (SSSR count). The van der Waals surface area contributed by atoms with Crippen LogP contribution in [-0.4, -0.2) is 9.97 Å². The van der Waals surface area contributed by atoms with Gasteiger partial charge < -0.3 is 0 Å². The molecule has 2 aromatic heterocycles. The summed E-state index contributed by atoms with van der Waals surface area (Å²) in [4.78, 5) is 8.56. The summed E-state index contributed by atoms with van der Waals surface area (Å²) in [6, 6.07) is 12.1. The van der Waals surface area contributed by atoms with Crippen LogP contribution in [0.15, 0.2) is 55.0 Å². The minimum atomic E-state index is -0.101. The Morgan fingerprint density at radius 2 is 2.00 bits per heavy atom. The highest BCUT2D eigenvalue weighted by Gasteiger charge is 2.15. The fraction of sp³-hybridized carbons (Fsp3) is 0.125. The first-order valence-corrected chi connectivity index (χ1v) is 6.51. The van der Waals surface area contributed by atoms with E-state index in [1.165, 1.54) is 0 Å². The zero-order valence-electron chi connectivity index (χ0n) is 11.2. The lowest BCUT2D eigenvalue weighted by Crippen LogP contribution is -2.29. The van der Waals surface area contributed by atoms with Gasteiger partial charge in [-0.3, -0.25) is 15.8 Å². The molecule has 1 aromatic carbocycles. The fourth-order valence-corrected chi connectivity index (χ4v) is 2.40. The molecular formula is C16H16N4. The van der Waals surface area contributed by atoms with Gasteiger partial charge in [0.25, 0.3) is 0 Å². The molecule has 0 saturated heterocycles. The Morgan fingerprint density at radius 1 is 1.10 bits per heavy atom. The number of nitrogens with zero attached hydrogens (tertiary/aromatic N) is 2. The third-order valence-corrected chi connectivity index (χ3v) is 3.46. The van der Waals surface area contributed by atoms with E-state index < -0.39 is 0 Å². The van der Waals surface area contributed by atoms with Gasteiger partial charge in [0.05, 0.1) is 6.04 Å². The van der Waals surface area contributed by atoms with E-state index in [-0.39, 0.29) is 6.04 Å². The molecule has 1 atom stereocenters. The lowest BCUT2D eigenvalue weighted by atomic mass is 9.96. The second-order valence-corrected chi connectivity index (χ2v) is 4.78. The fourth-order valence-electron chi connectivity index (χ4n) is 2.40. The number of rotatable bonds is 3. The van der Waals surface area contributed by atoms with Crippen molar-refractivity contribution in [3.8, 4) is 0 Å². The van der Waals surface area contributed by atoms with Crippen LogP contribution < -0.4 is 11.3 Å². The van der Waals surface area contributed by atoms with Crippen LogP contribution in [0.4, 0.5) is 0 Å². The van der Waals surface area contributed by atoms with E-state index in [2.05, 4.69) is 27.5 Å². The van der Waals surface area contributed by atoms with Crippen LogP contribution in [0, 0.1) is 6.92 Å². The van der Waals surface area contributed by atoms with Crippen molar-refractivity contribution < 1.29 is 0 Å². The number of aromatic nitrogens is 2. The molecule has 4 nitrogen and oxygen atoms in total. The molecule has 20 heavy (non-hydrogen) atoms. The van der Waals surface area contributed by atoms with E-state index in [1.54, 1.807) is 6.20 Å². The predicted octanol–water partition coefficient (Wildman–Crippen LogP) is 2.49. The number of fused-ring (bicyclic) bond motifs is 1. The molecule has 0 bridgehead atoms. The van der Waals surface area contributed by atoms with Crippen LogP contribution in [0.5, 0.6) is 0 Å². The standard InChI is InChI=1S/C16H16N4/c1-11-5-6-13(9-19-11)16(20-17)14-4-2-3-12-7-8-18-10-15(12)14/h2-10,16,20H,17H2,1H3. The number of benzene rings is 1. The van der Waals surface area contributed by atoms with Crippen LogP contribution in [-0.2, 0) is 0 Å². The van der Waals surface area contributed by atoms with Crippen LogP contribution in [0.3, 0.4) is 0 Å². The average Bonchev–Trinajstić information content (AvgIpc) is 2.50. The summed E-state index contributed by atoms with van der Waals surface area (Å²) < 4.78 is 0. The number of hydrogen-bond donors (Lipinski definition) is 2. The lowest BCUT2D eigenvalue weighted by Gasteiger charge is -2.18. The summed E-state index contributed by atoms with van der Waals surface area (Å²) in [5, 5.41) is 2.25. The van der Waals surface area contributed by atoms with Gasteiger partial charge in [-0.2, -0.15) is 0 Å². The Bertz CT molecular complexity index is 717. The first kappa shape index (κ1) is 12.7. The van der Waals surface area contributed by atoms with Crippen molar-refractivity contribution in [2.45, 2.75) is 13.0 Å². The van der Waals surface area contributed by atoms with Gasteiger partial charge in [-0.1, -0.05) is 24.3 Å². The number of hydrazine groups is 1. The van der Waals surface area contributed by atoms with Crippen LogP contribution in [0.2, 0.25) is 0 Å². The minimum absolute atomic E-state index is 0.101. The zero-order valence-corrected chi connectivity index (χ0v) is 11.2. The molecule has 0 radical (unpaired) electrons. The van der Waals surface area contributed by atoms with E-state index in [4.69, 9.17) is 5.84 Å². The van der Waals surface area contributed by atoms with E-state index >= 15 is 0 Å². The molecule has 0 amide bonds. The van der Waals surface area contributed by atoms with E-state index in [1.807, 2.05) is 43.6 Å². The second-order valence-electron chi connectivity index (χ2n) is 4.78. The van der Waals surface area contributed by atoms with Gasteiger partial charge in [0.2, 0.25) is 0 Å². The summed E-state index contributed by atoms with van der Waals surface area (Å²) in [7, 11) is 0. The van der Waals surface area contributed by atoms with Crippen LogP contribution in [0.25, 0.3) is 10.8 Å². The Morgan fingerprint density at radius 3 is 2.75 bits per heavy atom. The molecule has 0 aliphatic heterocycles. The summed E-state index contributed by atoms with van der Waals surface area (Å²) in [6.07, 6.45) is 5.52. The Balaban J connectivity index is 2.14. The van der Waals surface area contributed by atoms with Gasteiger partial charge in [-0.25, -0.2) is 5.43 Å². The topological polar surface area (TPSA) is 63.8 Å². The van der Waals surface area contributed by atoms with Crippen LogP contribution >= 0.6 is 0 Å². The van der Waals surface area contributed by atoms with Gasteiger partial charge in [0, 0.05) is 29.7 Å². The van der Waals surface area contributed by atoms with Gasteiger partial charge in [-0.15, -0.1) is 0 Å². The third-order valence-electron chi connectivity index (χ3n) is 3.46. The molecule has 4 heteroatoms. The molecule has 0 fully saturated rings. The van der Waals surface area contributed by atoms with E-state index in [0.29, 0.717) is 0 Å². The summed E-state index contributed by atoms with van der Waals surface area (Å²) in [6.45, 7) is 1.97. The largest absolute Gasteiger partial charge is 0.271 e. The summed E-state index contributed by atoms with van der Waals surface area (Å²) in [5.41, 5.74) is 6.01. The molecular weight excluding hydrogens is 248 g/mol. The maximum absolute atomic E-state index is 5.77. The highest BCUT2D eigenvalue weighted by Crippen LogP contribution is 2.27. The van der Waals surface area contributed by atoms with Gasteiger partial charge in [0.1, 0.15) is 0 Å². The molecule has 3 aromatic rings. The number of nitrogens with one attached hydrogen (secondary N) is 1. The molecule has 0 aliphatic carbocycles. The molecule has 0 saturated carbocycles. The lowest BCUT2D eigenvalue weighted by molar-refractivity contribution is 0.638. The third kappa shape index (κ3) is 2.27. The average molecular weight is 264 g/mol. The highest BCUT2D eigenvalue weighted by molar-refractivity contribution is 5.85. The summed E-state index contributed by atoms with van der Waals surface area (Å²) >= 11 is 0. The van der Waals surface area contributed by atoms with Crippen LogP contribution in [0.1, 0.15) is 22.9 Å². The molecule has 2 heterocycles. The first-order valence-electron chi connectivity index (χ1n) is 6.51. The monoisotopic (exact) mass is 264 g/mol. The zero-order chi connectivity index (χ0) is 13.9. The van der Waals surface area contributed by atoms with Gasteiger partial charge >= 0.3 is 0 Å². The maximum Gasteiger partial charge on any atom is 0.0731 e. The molecule has 1 unspecified atom stereocenters. The quantitative estimate of drug-likeness (QED) is 0.563. The van der Waals surface area contributed by atoms with Crippen molar-refractivity contribution in [1.82, 2.24) is 15.4 Å². The Hall–Kier alpha value is -2.30. The normalized spacial score (nSPS) is 12.5. The van der Waals surface area contributed by atoms with Gasteiger partial charge in [-0.05, 0) is 35.6 Å². The van der Waals surface area contributed by atoms with Crippen molar-refractivity contribution in [1.29, 1.82) is 0 Å². The smallest absolute Gasteiger partial charge is 0.0731 e. The maximum atomic E-state index is 5.77. The number of hydrogen-bond acceptors (Lipinski definition) is 4. The van der Waals surface area contributed by atoms with Crippen molar-refractivity contribution >= 4 is 10.8 Å². The molecule has 0 aliphatic rings. The van der Waals surface area contributed by atoms with E-state index in [9.17, 15) is 0 Å². The van der Waals surface area contributed by atoms with Crippen molar-refractivity contribution in [2.75, 3.05) is 0 Å². The minimum Gasteiger partial charge on any atom is -0.271 e. The van der Waals surface area contributed by atoms with Crippen molar-refractivity contribution in [3.05, 3.63) is 71.8 Å². The summed E-state index contributed by atoms with van der Waals surface area (Å²) in [5.74, 6) is 5.77. The molecule has 100 valence electrons.